The average molecular weight is 241 g/mol. The summed E-state index contributed by atoms with van der Waals surface area (Å²) in [6.07, 6.45) is 1.78. The van der Waals surface area contributed by atoms with Gasteiger partial charge in [-0.15, -0.1) is 0 Å². The van der Waals surface area contributed by atoms with Gasteiger partial charge in [-0.25, -0.2) is 0 Å². The van der Waals surface area contributed by atoms with Gasteiger partial charge in [0, 0.05) is 13.1 Å². The molecular weight excluding hydrogens is 227 g/mol. The Labute approximate surface area is 91.2 Å². The molecule has 0 aromatic rings. The molecular formula is C9H14F3NOS. The SMILES string of the molecule is CC1CCN(C(=O)CSC(F)(F)F)CC1. The Bertz CT molecular complexity index is 224. The zero-order chi connectivity index (χ0) is 11.5. The first-order valence-corrected chi connectivity index (χ1v) is 5.85. The second kappa shape index (κ2) is 5.09. The van der Waals surface area contributed by atoms with Crippen LogP contribution in [0.5, 0.6) is 0 Å². The van der Waals surface area contributed by atoms with Gasteiger partial charge in [0.05, 0.1) is 5.75 Å². The molecule has 0 saturated carbocycles. The molecule has 0 aromatic carbocycles. The van der Waals surface area contributed by atoms with Crippen LogP contribution in [0.15, 0.2) is 0 Å². The highest BCUT2D eigenvalue weighted by atomic mass is 32.2. The third-order valence-corrected chi connectivity index (χ3v) is 3.21. The number of hydrogen-bond donors (Lipinski definition) is 0. The summed E-state index contributed by atoms with van der Waals surface area (Å²) < 4.78 is 35.5. The molecule has 1 amide bonds. The van der Waals surface area contributed by atoms with Crippen molar-refractivity contribution in [3.8, 4) is 0 Å². The fraction of sp³-hybridized carbons (Fsp3) is 0.889. The lowest BCUT2D eigenvalue weighted by atomic mass is 9.99. The van der Waals surface area contributed by atoms with Crippen LogP contribution in [-0.4, -0.2) is 35.2 Å². The van der Waals surface area contributed by atoms with E-state index >= 15 is 0 Å². The monoisotopic (exact) mass is 241 g/mol. The van der Waals surface area contributed by atoms with Crippen LogP contribution in [0, 0.1) is 5.92 Å². The summed E-state index contributed by atoms with van der Waals surface area (Å²) in [5.41, 5.74) is -4.31. The molecule has 88 valence electrons. The number of likely N-dealkylation sites (tertiary alicyclic amines) is 1. The molecule has 1 aliphatic rings. The molecule has 15 heavy (non-hydrogen) atoms. The number of alkyl halides is 3. The quantitative estimate of drug-likeness (QED) is 0.740. The lowest BCUT2D eigenvalue weighted by Crippen LogP contribution is -2.39. The lowest BCUT2D eigenvalue weighted by molar-refractivity contribution is -0.129. The number of nitrogens with zero attached hydrogens (tertiary/aromatic N) is 1. The van der Waals surface area contributed by atoms with Crippen LogP contribution in [0.2, 0.25) is 0 Å². The number of hydrogen-bond acceptors (Lipinski definition) is 2. The number of rotatable bonds is 2. The van der Waals surface area contributed by atoms with Gasteiger partial charge in [0.25, 0.3) is 0 Å². The summed E-state index contributed by atoms with van der Waals surface area (Å²) in [5.74, 6) is -0.314. The van der Waals surface area contributed by atoms with Gasteiger partial charge in [0.1, 0.15) is 0 Å². The van der Waals surface area contributed by atoms with Crippen molar-refractivity contribution in [2.45, 2.75) is 25.3 Å². The van der Waals surface area contributed by atoms with Gasteiger partial charge in [0.15, 0.2) is 0 Å². The molecule has 1 fully saturated rings. The molecule has 1 saturated heterocycles. The maximum absolute atomic E-state index is 11.8. The minimum absolute atomic E-state index is 0.255. The molecule has 0 aliphatic carbocycles. The van der Waals surface area contributed by atoms with E-state index in [1.54, 1.807) is 0 Å². The van der Waals surface area contributed by atoms with Crippen molar-refractivity contribution >= 4 is 17.7 Å². The molecule has 0 radical (unpaired) electrons. The topological polar surface area (TPSA) is 20.3 Å². The Morgan fingerprint density at radius 1 is 1.40 bits per heavy atom. The number of carbonyl (C=O) groups is 1. The zero-order valence-corrected chi connectivity index (χ0v) is 9.33. The molecule has 0 aromatic heterocycles. The highest BCUT2D eigenvalue weighted by molar-refractivity contribution is 8.00. The number of carbonyl (C=O) groups excluding carboxylic acids is 1. The van der Waals surface area contributed by atoms with Gasteiger partial charge >= 0.3 is 5.51 Å². The van der Waals surface area contributed by atoms with Crippen molar-refractivity contribution < 1.29 is 18.0 Å². The van der Waals surface area contributed by atoms with Crippen molar-refractivity contribution in [1.29, 1.82) is 0 Å². The van der Waals surface area contributed by atoms with Crippen molar-refractivity contribution in [1.82, 2.24) is 4.90 Å². The standard InChI is InChI=1S/C9H14F3NOS/c1-7-2-4-13(5-3-7)8(14)6-15-9(10,11)12/h7H,2-6H2,1H3. The predicted molar refractivity (Wildman–Crippen MR) is 53.5 cm³/mol. The van der Waals surface area contributed by atoms with Crippen molar-refractivity contribution in [2.75, 3.05) is 18.8 Å². The molecule has 2 nitrogen and oxygen atoms in total. The molecule has 0 N–H and O–H groups in total. The molecule has 0 spiro atoms. The molecule has 1 rings (SSSR count). The van der Waals surface area contributed by atoms with Gasteiger partial charge in [-0.05, 0) is 30.5 Å². The first-order valence-electron chi connectivity index (χ1n) is 4.87. The molecule has 0 atom stereocenters. The van der Waals surface area contributed by atoms with Crippen molar-refractivity contribution in [3.63, 3.8) is 0 Å². The van der Waals surface area contributed by atoms with Crippen LogP contribution in [-0.2, 0) is 4.79 Å². The van der Waals surface area contributed by atoms with Crippen LogP contribution >= 0.6 is 11.8 Å². The Morgan fingerprint density at radius 2 is 1.93 bits per heavy atom. The maximum atomic E-state index is 11.8. The van der Waals surface area contributed by atoms with Crippen LogP contribution in [0.25, 0.3) is 0 Å². The van der Waals surface area contributed by atoms with E-state index in [0.717, 1.165) is 12.8 Å². The van der Waals surface area contributed by atoms with Gasteiger partial charge in [0.2, 0.25) is 5.91 Å². The van der Waals surface area contributed by atoms with Crippen LogP contribution in [0.1, 0.15) is 19.8 Å². The van der Waals surface area contributed by atoms with Gasteiger partial charge < -0.3 is 4.90 Å². The van der Waals surface area contributed by atoms with E-state index in [0.29, 0.717) is 19.0 Å². The lowest BCUT2D eigenvalue weighted by Gasteiger charge is -2.30. The van der Waals surface area contributed by atoms with E-state index in [9.17, 15) is 18.0 Å². The molecule has 0 bridgehead atoms. The smallest absolute Gasteiger partial charge is 0.342 e. The molecule has 1 aliphatic heterocycles. The summed E-state index contributed by atoms with van der Waals surface area (Å²) >= 11 is -0.255. The fourth-order valence-electron chi connectivity index (χ4n) is 1.49. The summed E-state index contributed by atoms with van der Waals surface area (Å²) in [5, 5.41) is 0. The Kier molecular flexibility index (Phi) is 4.31. The summed E-state index contributed by atoms with van der Waals surface area (Å²) in [7, 11) is 0. The molecule has 6 heteroatoms. The minimum atomic E-state index is -4.31. The minimum Gasteiger partial charge on any atom is -0.342 e. The third kappa shape index (κ3) is 4.77. The van der Waals surface area contributed by atoms with Crippen molar-refractivity contribution in [3.05, 3.63) is 0 Å². The Hall–Kier alpha value is -0.390. The number of piperidine rings is 1. The van der Waals surface area contributed by atoms with Crippen LogP contribution < -0.4 is 0 Å². The fourth-order valence-corrected chi connectivity index (χ4v) is 1.96. The first-order chi connectivity index (χ1) is 6.88. The van der Waals surface area contributed by atoms with Crippen LogP contribution in [0.4, 0.5) is 13.2 Å². The van der Waals surface area contributed by atoms with E-state index in [2.05, 4.69) is 6.92 Å². The number of thioether (sulfide) groups is 1. The zero-order valence-electron chi connectivity index (χ0n) is 8.51. The van der Waals surface area contributed by atoms with E-state index in [-0.39, 0.29) is 11.8 Å². The summed E-state index contributed by atoms with van der Waals surface area (Å²) in [4.78, 5) is 12.9. The van der Waals surface area contributed by atoms with E-state index in [1.165, 1.54) is 4.90 Å². The molecule has 0 unspecified atom stereocenters. The van der Waals surface area contributed by atoms with E-state index in [1.807, 2.05) is 0 Å². The first kappa shape index (κ1) is 12.7. The second-order valence-electron chi connectivity index (χ2n) is 3.80. The highest BCUT2D eigenvalue weighted by Gasteiger charge is 2.30. The van der Waals surface area contributed by atoms with Gasteiger partial charge in [-0.3, -0.25) is 4.79 Å². The predicted octanol–water partition coefficient (Wildman–Crippen LogP) is 2.50. The average Bonchev–Trinajstić information content (AvgIpc) is 2.14. The Morgan fingerprint density at radius 3 is 2.40 bits per heavy atom. The number of amides is 1. The third-order valence-electron chi connectivity index (χ3n) is 2.50. The summed E-state index contributed by atoms with van der Waals surface area (Å²) in [6, 6.07) is 0. The normalized spacial score (nSPS) is 19.3. The van der Waals surface area contributed by atoms with Gasteiger partial charge in [-0.1, -0.05) is 6.92 Å². The van der Waals surface area contributed by atoms with E-state index < -0.39 is 17.2 Å². The largest absolute Gasteiger partial charge is 0.442 e. The molecule has 1 heterocycles. The van der Waals surface area contributed by atoms with E-state index in [4.69, 9.17) is 0 Å². The Balaban J connectivity index is 2.29. The van der Waals surface area contributed by atoms with Gasteiger partial charge in [-0.2, -0.15) is 13.2 Å². The number of halogens is 3. The second-order valence-corrected chi connectivity index (χ2v) is 4.84. The van der Waals surface area contributed by atoms with Crippen molar-refractivity contribution in [2.24, 2.45) is 5.92 Å². The maximum Gasteiger partial charge on any atom is 0.442 e. The van der Waals surface area contributed by atoms with Crippen LogP contribution in [0.3, 0.4) is 0 Å². The highest BCUT2D eigenvalue weighted by Crippen LogP contribution is 2.30. The summed E-state index contributed by atoms with van der Waals surface area (Å²) in [6.45, 7) is 3.28.